The fourth-order valence-electron chi connectivity index (χ4n) is 3.19. The van der Waals surface area contributed by atoms with Crippen molar-refractivity contribution in [2.24, 2.45) is 0 Å². The Balaban J connectivity index is 1.79. The van der Waals surface area contributed by atoms with Crippen LogP contribution in [0.4, 0.5) is 5.69 Å². The van der Waals surface area contributed by atoms with E-state index in [0.717, 1.165) is 12.1 Å². The average molecular weight is 398 g/mol. The van der Waals surface area contributed by atoms with Crippen LogP contribution in [0.3, 0.4) is 0 Å². The molecular formula is C21H26N4O4. The molecule has 0 radical (unpaired) electrons. The zero-order valence-corrected chi connectivity index (χ0v) is 17.1. The van der Waals surface area contributed by atoms with E-state index in [4.69, 9.17) is 9.47 Å². The topological polar surface area (TPSA) is 92.8 Å². The number of likely N-dealkylation sites (N-methyl/N-ethyl adjacent to an activating group) is 1. The number of morpholine rings is 1. The third-order valence-electron chi connectivity index (χ3n) is 4.55. The smallest absolute Gasteiger partial charge is 0.269 e. The lowest BCUT2D eigenvalue weighted by molar-refractivity contribution is -0.139. The quantitative estimate of drug-likeness (QED) is 0.802. The second-order valence-electron chi connectivity index (χ2n) is 7.20. The molecule has 29 heavy (non-hydrogen) atoms. The zero-order valence-electron chi connectivity index (χ0n) is 17.1. The van der Waals surface area contributed by atoms with Gasteiger partial charge >= 0.3 is 0 Å². The number of aromatic nitrogens is 1. The minimum absolute atomic E-state index is 0.0156. The van der Waals surface area contributed by atoms with Crippen LogP contribution in [0.2, 0.25) is 0 Å². The maximum atomic E-state index is 12.7. The lowest BCUT2D eigenvalue weighted by atomic mass is 10.2. The molecular weight excluding hydrogens is 372 g/mol. The van der Waals surface area contributed by atoms with Crippen molar-refractivity contribution < 1.29 is 19.1 Å². The molecule has 2 heterocycles. The van der Waals surface area contributed by atoms with Crippen molar-refractivity contribution in [3.05, 3.63) is 47.8 Å². The van der Waals surface area contributed by atoms with Gasteiger partial charge in [0.2, 0.25) is 0 Å². The minimum atomic E-state index is -0.557. The van der Waals surface area contributed by atoms with Gasteiger partial charge in [0, 0.05) is 32.4 Å². The summed E-state index contributed by atoms with van der Waals surface area (Å²) in [7, 11) is 3.50. The van der Waals surface area contributed by atoms with Crippen LogP contribution in [0.25, 0.3) is 0 Å². The molecule has 2 amide bonds. The molecule has 1 fully saturated rings. The highest BCUT2D eigenvalue weighted by molar-refractivity contribution is 5.96. The predicted molar refractivity (Wildman–Crippen MR) is 109 cm³/mol. The van der Waals surface area contributed by atoms with E-state index in [-0.39, 0.29) is 23.6 Å². The fraction of sp³-hybridized carbons (Fsp3) is 0.381. The Morgan fingerprint density at radius 2 is 2.03 bits per heavy atom. The van der Waals surface area contributed by atoms with Gasteiger partial charge in [-0.05, 0) is 44.7 Å². The van der Waals surface area contributed by atoms with Gasteiger partial charge in [0.25, 0.3) is 11.8 Å². The van der Waals surface area contributed by atoms with Gasteiger partial charge in [-0.15, -0.1) is 0 Å². The number of carbonyl (C=O) groups excluding carboxylic acids is 2. The van der Waals surface area contributed by atoms with Crippen molar-refractivity contribution in [3.8, 4) is 11.5 Å². The van der Waals surface area contributed by atoms with Crippen molar-refractivity contribution >= 4 is 17.5 Å². The summed E-state index contributed by atoms with van der Waals surface area (Å²) in [6.45, 7) is 5.20. The molecule has 1 aliphatic heterocycles. The summed E-state index contributed by atoms with van der Waals surface area (Å²) in [4.78, 5) is 30.7. The van der Waals surface area contributed by atoms with Gasteiger partial charge in [-0.25, -0.2) is 0 Å². The monoisotopic (exact) mass is 398 g/mol. The summed E-state index contributed by atoms with van der Waals surface area (Å²) in [5.74, 6) is 0.394. The first-order valence-corrected chi connectivity index (χ1v) is 9.47. The van der Waals surface area contributed by atoms with Crippen molar-refractivity contribution in [1.82, 2.24) is 15.2 Å². The van der Waals surface area contributed by atoms with Crippen molar-refractivity contribution in [3.63, 3.8) is 0 Å². The largest absolute Gasteiger partial charge is 0.455 e. The highest BCUT2D eigenvalue weighted by Crippen LogP contribution is 2.31. The van der Waals surface area contributed by atoms with Crippen LogP contribution in [0.15, 0.2) is 36.5 Å². The van der Waals surface area contributed by atoms with Crippen LogP contribution in [0, 0.1) is 6.92 Å². The van der Waals surface area contributed by atoms with E-state index >= 15 is 0 Å². The molecule has 0 spiro atoms. The van der Waals surface area contributed by atoms with Crippen LogP contribution < -0.4 is 15.4 Å². The number of anilines is 1. The molecule has 0 bridgehead atoms. The van der Waals surface area contributed by atoms with E-state index < -0.39 is 6.10 Å². The van der Waals surface area contributed by atoms with Crippen LogP contribution >= 0.6 is 0 Å². The Morgan fingerprint density at radius 1 is 1.24 bits per heavy atom. The molecule has 3 rings (SSSR count). The van der Waals surface area contributed by atoms with E-state index in [9.17, 15) is 9.59 Å². The first kappa shape index (κ1) is 20.8. The number of carbonyl (C=O) groups is 2. The highest BCUT2D eigenvalue weighted by Gasteiger charge is 2.29. The number of benzene rings is 1. The van der Waals surface area contributed by atoms with E-state index in [2.05, 4.69) is 20.5 Å². The number of ether oxygens (including phenoxy) is 2. The zero-order chi connectivity index (χ0) is 21.0. The highest BCUT2D eigenvalue weighted by atomic mass is 16.5. The number of amides is 2. The Labute approximate surface area is 170 Å². The van der Waals surface area contributed by atoms with E-state index in [0.29, 0.717) is 23.7 Å². The maximum absolute atomic E-state index is 12.7. The molecule has 2 N–H and O–H groups in total. The molecule has 2 atom stereocenters. The van der Waals surface area contributed by atoms with E-state index in [1.165, 1.54) is 13.2 Å². The molecule has 2 aromatic rings. The lowest BCUT2D eigenvalue weighted by Gasteiger charge is -2.33. The van der Waals surface area contributed by atoms with Gasteiger partial charge in [0.15, 0.2) is 5.75 Å². The van der Waals surface area contributed by atoms with Gasteiger partial charge in [0.05, 0.1) is 11.8 Å². The number of rotatable bonds is 5. The first-order chi connectivity index (χ1) is 13.9. The fourth-order valence-corrected chi connectivity index (χ4v) is 3.19. The van der Waals surface area contributed by atoms with Gasteiger partial charge < -0.3 is 25.0 Å². The third-order valence-corrected chi connectivity index (χ3v) is 4.55. The molecule has 0 saturated carbocycles. The summed E-state index contributed by atoms with van der Waals surface area (Å²) in [6.07, 6.45) is 0.929. The molecule has 8 nitrogen and oxygen atoms in total. The molecule has 1 aromatic carbocycles. The summed E-state index contributed by atoms with van der Waals surface area (Å²) >= 11 is 0. The van der Waals surface area contributed by atoms with Gasteiger partial charge in [-0.2, -0.15) is 0 Å². The Bertz CT molecular complexity index is 892. The molecule has 1 aromatic heterocycles. The second-order valence-corrected chi connectivity index (χ2v) is 7.20. The van der Waals surface area contributed by atoms with Crippen LogP contribution in [-0.4, -0.2) is 61.1 Å². The van der Waals surface area contributed by atoms with Gasteiger partial charge in [-0.3, -0.25) is 14.6 Å². The standard InChI is InChI=1S/C21H26N4O4/c1-13-5-6-16(24-21(27)19-12-25(4)11-14(2)28-19)18(9-13)29-15-7-8-23-17(10-15)20(26)22-3/h5-10,14,19H,11-12H2,1-4H3,(H,22,26)(H,24,27)/t14-,19-/m0/s1. The second kappa shape index (κ2) is 9.02. The summed E-state index contributed by atoms with van der Waals surface area (Å²) in [5.41, 5.74) is 1.75. The molecule has 0 aliphatic carbocycles. The summed E-state index contributed by atoms with van der Waals surface area (Å²) in [5, 5.41) is 5.44. The maximum Gasteiger partial charge on any atom is 0.269 e. The third kappa shape index (κ3) is 5.30. The minimum Gasteiger partial charge on any atom is -0.455 e. The number of nitrogens with one attached hydrogen (secondary N) is 2. The Morgan fingerprint density at radius 3 is 2.76 bits per heavy atom. The number of pyridine rings is 1. The Hall–Kier alpha value is -2.97. The average Bonchev–Trinajstić information content (AvgIpc) is 2.68. The summed E-state index contributed by atoms with van der Waals surface area (Å²) < 4.78 is 11.7. The molecule has 154 valence electrons. The molecule has 1 aliphatic rings. The Kier molecular flexibility index (Phi) is 6.46. The number of aryl methyl sites for hydroxylation is 1. The van der Waals surface area contributed by atoms with Crippen LogP contribution in [-0.2, 0) is 9.53 Å². The summed E-state index contributed by atoms with van der Waals surface area (Å²) in [6, 6.07) is 8.71. The van der Waals surface area contributed by atoms with Crippen molar-refractivity contribution in [1.29, 1.82) is 0 Å². The number of hydrogen-bond acceptors (Lipinski definition) is 6. The van der Waals surface area contributed by atoms with E-state index in [1.807, 2.05) is 33.0 Å². The number of nitrogens with zero attached hydrogens (tertiary/aromatic N) is 2. The molecule has 8 heteroatoms. The molecule has 1 saturated heterocycles. The van der Waals surface area contributed by atoms with Gasteiger partial charge in [0.1, 0.15) is 17.5 Å². The van der Waals surface area contributed by atoms with Crippen molar-refractivity contribution in [2.75, 3.05) is 32.5 Å². The van der Waals surface area contributed by atoms with Crippen LogP contribution in [0.1, 0.15) is 23.0 Å². The van der Waals surface area contributed by atoms with Crippen LogP contribution in [0.5, 0.6) is 11.5 Å². The first-order valence-electron chi connectivity index (χ1n) is 9.47. The van der Waals surface area contributed by atoms with Gasteiger partial charge in [-0.1, -0.05) is 6.07 Å². The molecule has 0 unspecified atom stereocenters. The lowest BCUT2D eigenvalue weighted by Crippen LogP contribution is -2.49. The van der Waals surface area contributed by atoms with Crippen molar-refractivity contribution in [2.45, 2.75) is 26.1 Å². The predicted octanol–water partition coefficient (Wildman–Crippen LogP) is 2.20. The SMILES string of the molecule is CNC(=O)c1cc(Oc2cc(C)ccc2NC(=O)[C@@H]2CN(C)C[C@H](C)O2)ccn1. The number of hydrogen-bond donors (Lipinski definition) is 2. The normalized spacial score (nSPS) is 19.4. The van der Waals surface area contributed by atoms with E-state index in [1.54, 1.807) is 18.2 Å².